The third-order valence-electron chi connectivity index (χ3n) is 5.09. The van der Waals surface area contributed by atoms with Crippen LogP contribution in [0.2, 0.25) is 0 Å². The maximum Gasteiger partial charge on any atom is 0.0755 e. The summed E-state index contributed by atoms with van der Waals surface area (Å²) >= 11 is 0. The molecule has 0 radical (unpaired) electrons. The molecule has 0 amide bonds. The van der Waals surface area contributed by atoms with Crippen LogP contribution in [0.1, 0.15) is 51.9 Å². The predicted octanol–water partition coefficient (Wildman–Crippen LogP) is 3.47. The Morgan fingerprint density at radius 1 is 1.19 bits per heavy atom. The van der Waals surface area contributed by atoms with Crippen molar-refractivity contribution in [1.29, 1.82) is 0 Å². The summed E-state index contributed by atoms with van der Waals surface area (Å²) in [4.78, 5) is 2.64. The zero-order valence-electron chi connectivity index (χ0n) is 13.3. The van der Waals surface area contributed by atoms with Crippen LogP contribution in [-0.4, -0.2) is 35.6 Å². The number of hydrogen-bond acceptors (Lipinski definition) is 3. The summed E-state index contributed by atoms with van der Waals surface area (Å²) in [6.07, 6.45) is 13.7. The van der Waals surface area contributed by atoms with Crippen molar-refractivity contribution in [1.82, 2.24) is 9.78 Å². The lowest BCUT2D eigenvalue weighted by molar-refractivity contribution is 0.0833. The Bertz CT molecular complexity index is 419. The van der Waals surface area contributed by atoms with Gasteiger partial charge in [0.25, 0.3) is 0 Å². The minimum Gasteiger partial charge on any atom is -0.381 e. The van der Waals surface area contributed by atoms with Crippen LogP contribution in [0.3, 0.4) is 0 Å². The Balaban J connectivity index is 1.72. The average molecular weight is 291 g/mol. The smallest absolute Gasteiger partial charge is 0.0755 e. The molecule has 21 heavy (non-hydrogen) atoms. The number of aryl methyl sites for hydroxylation is 1. The molecule has 1 aromatic heterocycles. The third kappa shape index (κ3) is 3.79. The molecule has 4 heteroatoms. The normalized spacial score (nSPS) is 21.6. The van der Waals surface area contributed by atoms with E-state index in [0.717, 1.165) is 38.5 Å². The largest absolute Gasteiger partial charge is 0.381 e. The van der Waals surface area contributed by atoms with E-state index in [0.29, 0.717) is 6.04 Å². The molecule has 1 saturated heterocycles. The standard InChI is InChI=1S/C17H29N3O/c1-2-19-14-17(12-18-19)20(16-8-10-21-11-9-16)13-15-6-4-3-5-7-15/h12,14-16H,2-11,13H2,1H3. The molecule has 4 nitrogen and oxygen atoms in total. The number of nitrogens with zero attached hydrogens (tertiary/aromatic N) is 3. The molecule has 0 spiro atoms. The van der Waals surface area contributed by atoms with Crippen molar-refractivity contribution in [3.8, 4) is 0 Å². The highest BCUT2D eigenvalue weighted by molar-refractivity contribution is 5.44. The van der Waals surface area contributed by atoms with Gasteiger partial charge in [0.2, 0.25) is 0 Å². The lowest BCUT2D eigenvalue weighted by atomic mass is 9.88. The number of anilines is 1. The van der Waals surface area contributed by atoms with Crippen LogP contribution < -0.4 is 4.90 Å². The summed E-state index contributed by atoms with van der Waals surface area (Å²) in [6, 6.07) is 0.634. The first-order valence-electron chi connectivity index (χ1n) is 8.73. The van der Waals surface area contributed by atoms with Gasteiger partial charge < -0.3 is 9.64 Å². The second-order valence-corrected chi connectivity index (χ2v) is 6.55. The number of rotatable bonds is 5. The van der Waals surface area contributed by atoms with Crippen molar-refractivity contribution in [2.24, 2.45) is 5.92 Å². The fourth-order valence-corrected chi connectivity index (χ4v) is 3.78. The van der Waals surface area contributed by atoms with Crippen LogP contribution >= 0.6 is 0 Å². The number of aromatic nitrogens is 2. The van der Waals surface area contributed by atoms with Crippen molar-refractivity contribution in [3.63, 3.8) is 0 Å². The SMILES string of the molecule is CCn1cc(N(CC2CCCCC2)C2CCOCC2)cn1. The van der Waals surface area contributed by atoms with Crippen molar-refractivity contribution in [2.75, 3.05) is 24.7 Å². The molecular formula is C17H29N3O. The van der Waals surface area contributed by atoms with Gasteiger partial charge in [-0.1, -0.05) is 19.3 Å². The van der Waals surface area contributed by atoms with Crippen LogP contribution in [0, 0.1) is 5.92 Å². The van der Waals surface area contributed by atoms with E-state index in [1.807, 2.05) is 4.68 Å². The first kappa shape index (κ1) is 14.9. The highest BCUT2D eigenvalue weighted by Gasteiger charge is 2.26. The first-order valence-corrected chi connectivity index (χ1v) is 8.73. The van der Waals surface area contributed by atoms with E-state index in [1.54, 1.807) is 0 Å². The number of ether oxygens (including phenoxy) is 1. The molecule has 3 rings (SSSR count). The monoisotopic (exact) mass is 291 g/mol. The second kappa shape index (κ2) is 7.30. The first-order chi connectivity index (χ1) is 10.4. The zero-order chi connectivity index (χ0) is 14.5. The molecule has 0 bridgehead atoms. The summed E-state index contributed by atoms with van der Waals surface area (Å²) in [5.74, 6) is 0.867. The fraction of sp³-hybridized carbons (Fsp3) is 0.824. The molecule has 1 aromatic rings. The van der Waals surface area contributed by atoms with Gasteiger partial charge in [-0.3, -0.25) is 4.68 Å². The molecule has 2 heterocycles. The van der Waals surface area contributed by atoms with E-state index in [2.05, 4.69) is 29.3 Å². The van der Waals surface area contributed by atoms with Crippen LogP contribution in [0.25, 0.3) is 0 Å². The van der Waals surface area contributed by atoms with Gasteiger partial charge in [0, 0.05) is 38.5 Å². The molecule has 0 unspecified atom stereocenters. The molecule has 1 saturated carbocycles. The molecule has 2 fully saturated rings. The summed E-state index contributed by atoms with van der Waals surface area (Å²) in [6.45, 7) is 6.13. The average Bonchev–Trinajstić information content (AvgIpc) is 3.03. The maximum atomic E-state index is 5.55. The second-order valence-electron chi connectivity index (χ2n) is 6.55. The van der Waals surface area contributed by atoms with Gasteiger partial charge in [0.15, 0.2) is 0 Å². The Kier molecular flexibility index (Phi) is 5.17. The van der Waals surface area contributed by atoms with Crippen LogP contribution in [-0.2, 0) is 11.3 Å². The van der Waals surface area contributed by atoms with E-state index in [9.17, 15) is 0 Å². The van der Waals surface area contributed by atoms with E-state index >= 15 is 0 Å². The molecule has 2 aliphatic rings. The number of hydrogen-bond donors (Lipinski definition) is 0. The highest BCUT2D eigenvalue weighted by Crippen LogP contribution is 2.29. The summed E-state index contributed by atoms with van der Waals surface area (Å²) in [5.41, 5.74) is 1.31. The molecule has 0 N–H and O–H groups in total. The quantitative estimate of drug-likeness (QED) is 0.832. The van der Waals surface area contributed by atoms with Gasteiger partial charge in [-0.15, -0.1) is 0 Å². The van der Waals surface area contributed by atoms with E-state index in [-0.39, 0.29) is 0 Å². The third-order valence-corrected chi connectivity index (χ3v) is 5.09. The van der Waals surface area contributed by atoms with E-state index in [1.165, 1.54) is 44.3 Å². The minimum absolute atomic E-state index is 0.634. The van der Waals surface area contributed by atoms with E-state index < -0.39 is 0 Å². The summed E-state index contributed by atoms with van der Waals surface area (Å²) in [7, 11) is 0. The van der Waals surface area contributed by atoms with Crippen molar-refractivity contribution in [3.05, 3.63) is 12.4 Å². The van der Waals surface area contributed by atoms with Gasteiger partial charge in [0.05, 0.1) is 11.9 Å². The highest BCUT2D eigenvalue weighted by atomic mass is 16.5. The van der Waals surface area contributed by atoms with Crippen LogP contribution in [0.5, 0.6) is 0 Å². The van der Waals surface area contributed by atoms with Crippen LogP contribution in [0.4, 0.5) is 5.69 Å². The maximum absolute atomic E-state index is 5.55. The summed E-state index contributed by atoms with van der Waals surface area (Å²) in [5, 5.41) is 4.49. The zero-order valence-corrected chi connectivity index (χ0v) is 13.3. The molecule has 118 valence electrons. The van der Waals surface area contributed by atoms with Gasteiger partial charge in [-0.25, -0.2) is 0 Å². The molecule has 0 atom stereocenters. The topological polar surface area (TPSA) is 30.3 Å². The lowest BCUT2D eigenvalue weighted by Gasteiger charge is -2.38. The minimum atomic E-state index is 0.634. The Labute approximate surface area is 128 Å². The predicted molar refractivity (Wildman–Crippen MR) is 85.7 cm³/mol. The van der Waals surface area contributed by atoms with Crippen molar-refractivity contribution >= 4 is 5.69 Å². The Morgan fingerprint density at radius 3 is 2.62 bits per heavy atom. The Hall–Kier alpha value is -1.03. The summed E-state index contributed by atoms with van der Waals surface area (Å²) < 4.78 is 7.60. The molecule has 0 aromatic carbocycles. The lowest BCUT2D eigenvalue weighted by Crippen LogP contribution is -2.42. The van der Waals surface area contributed by atoms with Crippen LogP contribution in [0.15, 0.2) is 12.4 Å². The van der Waals surface area contributed by atoms with E-state index in [4.69, 9.17) is 4.74 Å². The van der Waals surface area contributed by atoms with Gasteiger partial charge in [-0.05, 0) is 38.5 Å². The van der Waals surface area contributed by atoms with Crippen molar-refractivity contribution < 1.29 is 4.74 Å². The van der Waals surface area contributed by atoms with Gasteiger partial charge >= 0.3 is 0 Å². The molecule has 1 aliphatic carbocycles. The Morgan fingerprint density at radius 2 is 1.95 bits per heavy atom. The fourth-order valence-electron chi connectivity index (χ4n) is 3.78. The van der Waals surface area contributed by atoms with Gasteiger partial charge in [-0.2, -0.15) is 5.10 Å². The molecule has 1 aliphatic heterocycles. The van der Waals surface area contributed by atoms with Gasteiger partial charge in [0.1, 0.15) is 0 Å². The molecular weight excluding hydrogens is 262 g/mol. The van der Waals surface area contributed by atoms with Crippen molar-refractivity contribution in [2.45, 2.75) is 64.5 Å².